The van der Waals surface area contributed by atoms with Crippen molar-refractivity contribution in [1.29, 1.82) is 0 Å². The molecule has 0 atom stereocenters. The van der Waals surface area contributed by atoms with Gasteiger partial charge in [0.15, 0.2) is 8.32 Å². The van der Waals surface area contributed by atoms with Crippen LogP contribution in [-0.2, 0) is 9.16 Å². The number of hydrogen-bond acceptors (Lipinski definition) is 4. The van der Waals surface area contributed by atoms with Crippen molar-refractivity contribution in [2.75, 3.05) is 13.2 Å². The van der Waals surface area contributed by atoms with E-state index >= 15 is 0 Å². The van der Waals surface area contributed by atoms with Gasteiger partial charge in [-0.25, -0.2) is 4.79 Å². The number of cyclic esters (lactones) is 1. The van der Waals surface area contributed by atoms with Gasteiger partial charge in [-0.3, -0.25) is 0 Å². The zero-order chi connectivity index (χ0) is 15.2. The van der Waals surface area contributed by atoms with Crippen molar-refractivity contribution in [2.24, 2.45) is 0 Å². The van der Waals surface area contributed by atoms with E-state index in [0.29, 0.717) is 13.2 Å². The molecule has 0 unspecified atom stereocenters. The van der Waals surface area contributed by atoms with E-state index in [9.17, 15) is 4.79 Å². The quantitative estimate of drug-likeness (QED) is 0.412. The highest BCUT2D eigenvalue weighted by Crippen LogP contribution is 2.37. The second-order valence-corrected chi connectivity index (χ2v) is 12.4. The highest BCUT2D eigenvalue weighted by molar-refractivity contribution is 8.16. The summed E-state index contributed by atoms with van der Waals surface area (Å²) in [4.78, 5) is 12.5. The van der Waals surface area contributed by atoms with E-state index < -0.39 is 8.32 Å². The van der Waals surface area contributed by atoms with Crippen molar-refractivity contribution >= 4 is 25.4 Å². The highest BCUT2D eigenvalue weighted by atomic mass is 32.2. The molecule has 1 aliphatic heterocycles. The maximum absolute atomic E-state index is 11.7. The predicted molar refractivity (Wildman–Crippen MR) is 87.5 cm³/mol. The van der Waals surface area contributed by atoms with Gasteiger partial charge in [0.05, 0.1) is 18.1 Å². The molecule has 20 heavy (non-hydrogen) atoms. The van der Waals surface area contributed by atoms with Crippen LogP contribution < -0.4 is 0 Å². The van der Waals surface area contributed by atoms with Crippen LogP contribution in [0.25, 0.3) is 0 Å². The van der Waals surface area contributed by atoms with Crippen LogP contribution in [0.15, 0.2) is 16.7 Å². The number of carbonyl (C=O) groups is 1. The molecule has 1 rings (SSSR count). The maximum atomic E-state index is 11.7. The van der Waals surface area contributed by atoms with E-state index in [-0.39, 0.29) is 10.3 Å². The Labute approximate surface area is 127 Å². The third kappa shape index (κ3) is 5.88. The lowest BCUT2D eigenvalue weighted by atomic mass is 10.2. The molecule has 0 bridgehead atoms. The maximum Gasteiger partial charge on any atom is 0.372 e. The summed E-state index contributed by atoms with van der Waals surface area (Å²) < 4.78 is 11.3. The van der Waals surface area contributed by atoms with E-state index in [4.69, 9.17) is 9.16 Å². The Hall–Kier alpha value is -0.483. The van der Waals surface area contributed by atoms with E-state index in [2.05, 4.69) is 39.6 Å². The number of rotatable bonds is 3. The number of thioether (sulfide) groups is 1. The normalized spacial score (nSPS) is 18.4. The fraction of sp³-hybridized carbons (Fsp3) is 0.733. The Morgan fingerprint density at radius 3 is 2.75 bits per heavy atom. The lowest BCUT2D eigenvalue weighted by Crippen LogP contribution is -2.41. The summed E-state index contributed by atoms with van der Waals surface area (Å²) in [6.45, 7) is 12.0. The van der Waals surface area contributed by atoms with Crippen LogP contribution in [0.1, 0.15) is 40.0 Å². The predicted octanol–water partition coefficient (Wildman–Crippen LogP) is 5.10. The van der Waals surface area contributed by atoms with Gasteiger partial charge in [-0.1, -0.05) is 20.8 Å². The summed E-state index contributed by atoms with van der Waals surface area (Å²) in [5.41, 5.74) is 3.19. The number of hydrogen-bond donors (Lipinski definition) is 0. The van der Waals surface area contributed by atoms with Gasteiger partial charge in [0.25, 0.3) is 0 Å². The van der Waals surface area contributed by atoms with Gasteiger partial charge in [-0.05, 0) is 55.2 Å². The first kappa shape index (κ1) is 17.6. The average Bonchev–Trinajstić information content (AvgIpc) is 2.33. The fourth-order valence-corrected chi connectivity index (χ4v) is 3.03. The van der Waals surface area contributed by atoms with Crippen molar-refractivity contribution in [2.45, 2.75) is 58.2 Å². The molecule has 0 aromatic rings. The summed E-state index contributed by atoms with van der Waals surface area (Å²) in [6, 6.07) is 0. The molecule has 0 fully saturated rings. The topological polar surface area (TPSA) is 35.5 Å². The summed E-state index contributed by atoms with van der Waals surface area (Å²) in [7, 11) is -1.80. The zero-order valence-corrected chi connectivity index (χ0v) is 15.1. The van der Waals surface area contributed by atoms with E-state index in [1.807, 2.05) is 6.08 Å². The van der Waals surface area contributed by atoms with Gasteiger partial charge in [-0.2, -0.15) is 0 Å². The van der Waals surface area contributed by atoms with Crippen LogP contribution in [0.3, 0.4) is 0 Å². The third-order valence-electron chi connectivity index (χ3n) is 3.80. The van der Waals surface area contributed by atoms with Crippen molar-refractivity contribution in [3.8, 4) is 0 Å². The van der Waals surface area contributed by atoms with Gasteiger partial charge in [-0.15, -0.1) is 5.73 Å². The Kier molecular flexibility index (Phi) is 6.59. The molecule has 0 spiro atoms. The summed E-state index contributed by atoms with van der Waals surface area (Å²) in [5.74, 6) is 0. The first-order valence-corrected chi connectivity index (χ1v) is 10.9. The molecule has 1 aliphatic rings. The van der Waals surface area contributed by atoms with Crippen LogP contribution in [0, 0.1) is 0 Å². The molecule has 0 aromatic carbocycles. The molecule has 0 amide bonds. The molecule has 1 heterocycles. The Morgan fingerprint density at radius 1 is 1.40 bits per heavy atom. The standard InChI is InChI=1S/C15H26O3SSi/c1-15(2,3)20(4,5)18-12-13-10-8-6-7-9-11-17-14(16)19-13/h8H,6-7,9,11-12H2,1-5H3. The van der Waals surface area contributed by atoms with E-state index in [1.54, 1.807) is 0 Å². The molecule has 5 heteroatoms. The van der Waals surface area contributed by atoms with Crippen LogP contribution in [0.2, 0.25) is 18.1 Å². The van der Waals surface area contributed by atoms with Gasteiger partial charge in [0, 0.05) is 0 Å². The average molecular weight is 315 g/mol. The lowest BCUT2D eigenvalue weighted by Gasteiger charge is -2.36. The fourth-order valence-electron chi connectivity index (χ4n) is 1.38. The lowest BCUT2D eigenvalue weighted by molar-refractivity contribution is 0.173. The van der Waals surface area contributed by atoms with Crippen molar-refractivity contribution < 1.29 is 14.0 Å². The monoisotopic (exact) mass is 314 g/mol. The molecule has 0 saturated carbocycles. The first-order chi connectivity index (χ1) is 9.22. The highest BCUT2D eigenvalue weighted by Gasteiger charge is 2.37. The second kappa shape index (κ2) is 7.50. The Balaban J connectivity index is 2.71. The largest absolute Gasteiger partial charge is 0.457 e. The summed E-state index contributed by atoms with van der Waals surface area (Å²) >= 11 is 1.10. The first-order valence-electron chi connectivity index (χ1n) is 7.15. The molecule has 0 radical (unpaired) electrons. The molecule has 3 nitrogen and oxygen atoms in total. The molecule has 0 N–H and O–H groups in total. The minimum atomic E-state index is -1.80. The molecule has 0 aromatic heterocycles. The number of carbonyl (C=O) groups excluding carboxylic acids is 1. The van der Waals surface area contributed by atoms with Crippen LogP contribution in [0.5, 0.6) is 0 Å². The molecular formula is C15H26O3SSi. The van der Waals surface area contributed by atoms with Gasteiger partial charge in [0.2, 0.25) is 0 Å². The zero-order valence-electron chi connectivity index (χ0n) is 13.2. The van der Waals surface area contributed by atoms with Crippen LogP contribution in [0.4, 0.5) is 4.79 Å². The molecule has 0 saturated heterocycles. The number of ether oxygens (including phenoxy) is 1. The van der Waals surface area contributed by atoms with Crippen molar-refractivity contribution in [1.82, 2.24) is 0 Å². The minimum absolute atomic E-state index is 0.165. The molecular weight excluding hydrogens is 288 g/mol. The van der Waals surface area contributed by atoms with Crippen LogP contribution in [-0.4, -0.2) is 26.8 Å². The third-order valence-corrected chi connectivity index (χ3v) is 9.05. The van der Waals surface area contributed by atoms with Crippen molar-refractivity contribution in [3.05, 3.63) is 16.7 Å². The Bertz CT molecular complexity index is 404. The summed E-state index contributed by atoms with van der Waals surface area (Å²) in [5, 5.41) is -0.0834. The van der Waals surface area contributed by atoms with E-state index in [0.717, 1.165) is 35.9 Å². The molecule has 114 valence electrons. The second-order valence-electron chi connectivity index (χ2n) is 6.52. The van der Waals surface area contributed by atoms with Gasteiger partial charge < -0.3 is 9.16 Å². The SMILES string of the molecule is CC(C)(C)[Si](C)(C)OCC1=C=CCCCCOC(=O)S1. The van der Waals surface area contributed by atoms with E-state index in [1.165, 1.54) is 0 Å². The van der Waals surface area contributed by atoms with Crippen LogP contribution >= 0.6 is 11.8 Å². The smallest absolute Gasteiger partial charge is 0.372 e. The van der Waals surface area contributed by atoms with Crippen molar-refractivity contribution in [3.63, 3.8) is 0 Å². The van der Waals surface area contributed by atoms with Gasteiger partial charge in [0.1, 0.15) is 0 Å². The summed E-state index contributed by atoms with van der Waals surface area (Å²) in [6.07, 6.45) is 4.93. The Morgan fingerprint density at radius 2 is 2.10 bits per heavy atom. The minimum Gasteiger partial charge on any atom is -0.457 e. The molecule has 0 aliphatic carbocycles. The van der Waals surface area contributed by atoms with Gasteiger partial charge >= 0.3 is 5.30 Å².